The van der Waals surface area contributed by atoms with E-state index in [1.165, 1.54) is 13.1 Å². The summed E-state index contributed by atoms with van der Waals surface area (Å²) < 4.78 is 25.7. The Morgan fingerprint density at radius 3 is 2.67 bits per heavy atom. The van der Waals surface area contributed by atoms with E-state index in [4.69, 9.17) is 11.1 Å². The summed E-state index contributed by atoms with van der Waals surface area (Å²) in [6, 6.07) is 5.35. The maximum atomic E-state index is 12.4. The molecule has 0 aromatic heterocycles. The second-order valence-electron chi connectivity index (χ2n) is 4.40. The highest BCUT2D eigenvalue weighted by Gasteiger charge is 2.30. The minimum Gasteiger partial charge on any atom is -0.324 e. The van der Waals surface area contributed by atoms with Crippen molar-refractivity contribution >= 4 is 21.4 Å². The van der Waals surface area contributed by atoms with Crippen molar-refractivity contribution in [1.29, 1.82) is 5.26 Å². The zero-order valence-corrected chi connectivity index (χ0v) is 12.3. The Hall–Kier alpha value is -2.22. The largest absolute Gasteiger partial charge is 0.324 e. The van der Waals surface area contributed by atoms with Crippen LogP contribution in [0.1, 0.15) is 6.92 Å². The van der Waals surface area contributed by atoms with E-state index in [2.05, 4.69) is 5.43 Å². The third-order valence-corrected chi connectivity index (χ3v) is 4.62. The second kappa shape index (κ2) is 6.49. The average Bonchev–Trinajstić information content (AvgIpc) is 2.45. The van der Waals surface area contributed by atoms with Gasteiger partial charge in [0.25, 0.3) is 5.69 Å². The van der Waals surface area contributed by atoms with Crippen molar-refractivity contribution in [2.45, 2.75) is 11.8 Å². The number of nitrogens with two attached hydrogens (primary N) is 1. The molecule has 0 aliphatic carbocycles. The maximum Gasteiger partial charge on any atom is 0.289 e. The number of hydrogen-bond donors (Lipinski definition) is 2. The number of sulfonamides is 1. The number of rotatable bonds is 6. The number of nitrogens with zero attached hydrogens (tertiary/aromatic N) is 3. The summed E-state index contributed by atoms with van der Waals surface area (Å²) in [5, 5.41) is 19.7. The van der Waals surface area contributed by atoms with Gasteiger partial charge in [-0.2, -0.15) is 9.57 Å². The number of nitro groups is 1. The van der Waals surface area contributed by atoms with Crippen molar-refractivity contribution in [3.63, 3.8) is 0 Å². The van der Waals surface area contributed by atoms with Gasteiger partial charge in [-0.3, -0.25) is 16.0 Å². The maximum absolute atomic E-state index is 12.4. The first-order chi connectivity index (χ1) is 9.73. The molecular formula is C11H15N5O4S. The molecule has 1 aromatic rings. The molecule has 9 nitrogen and oxygen atoms in total. The first kappa shape index (κ1) is 16.8. The van der Waals surface area contributed by atoms with Crippen molar-refractivity contribution in [2.24, 2.45) is 11.8 Å². The number of nitrogens with one attached hydrogen (secondary N) is 1. The summed E-state index contributed by atoms with van der Waals surface area (Å²) in [6.45, 7) is 1.48. The van der Waals surface area contributed by atoms with E-state index in [0.29, 0.717) is 0 Å². The predicted octanol–water partition coefficient (Wildman–Crippen LogP) is 0.661. The molecule has 1 aromatic carbocycles. The Balaban J connectivity index is 3.36. The lowest BCUT2D eigenvalue weighted by atomic mass is 10.2. The van der Waals surface area contributed by atoms with E-state index in [9.17, 15) is 18.5 Å². The van der Waals surface area contributed by atoms with Gasteiger partial charge in [-0.1, -0.05) is 0 Å². The third-order valence-electron chi connectivity index (χ3n) is 2.76. The zero-order chi connectivity index (χ0) is 16.2. The van der Waals surface area contributed by atoms with Gasteiger partial charge in [0.1, 0.15) is 0 Å². The molecular weight excluding hydrogens is 298 g/mol. The molecule has 0 heterocycles. The van der Waals surface area contributed by atoms with Crippen LogP contribution in [0.2, 0.25) is 0 Å². The minimum atomic E-state index is -4.11. The van der Waals surface area contributed by atoms with Gasteiger partial charge in [0, 0.05) is 19.7 Å². The van der Waals surface area contributed by atoms with Crippen molar-refractivity contribution < 1.29 is 13.3 Å². The highest BCUT2D eigenvalue weighted by molar-refractivity contribution is 7.89. The first-order valence-corrected chi connectivity index (χ1v) is 7.29. The normalized spacial score (nSPS) is 12.7. The molecule has 0 radical (unpaired) electrons. The monoisotopic (exact) mass is 313 g/mol. The van der Waals surface area contributed by atoms with E-state index in [0.717, 1.165) is 16.4 Å². The summed E-state index contributed by atoms with van der Waals surface area (Å²) in [5.74, 6) is 4.65. The number of anilines is 1. The smallest absolute Gasteiger partial charge is 0.289 e. The van der Waals surface area contributed by atoms with Crippen molar-refractivity contribution in [2.75, 3.05) is 19.0 Å². The number of nitro benzene ring substituents is 1. The van der Waals surface area contributed by atoms with E-state index in [-0.39, 0.29) is 12.2 Å². The average molecular weight is 313 g/mol. The van der Waals surface area contributed by atoms with Crippen molar-refractivity contribution in [3.8, 4) is 6.07 Å². The summed E-state index contributed by atoms with van der Waals surface area (Å²) in [6.07, 6.45) is 0. The van der Waals surface area contributed by atoms with Crippen molar-refractivity contribution in [1.82, 2.24) is 4.31 Å². The van der Waals surface area contributed by atoms with E-state index >= 15 is 0 Å². The molecule has 3 N–H and O–H groups in total. The van der Waals surface area contributed by atoms with Gasteiger partial charge in [0.2, 0.25) is 10.0 Å². The lowest BCUT2D eigenvalue weighted by Gasteiger charge is -2.18. The molecule has 0 bridgehead atoms. The van der Waals surface area contributed by atoms with Gasteiger partial charge >= 0.3 is 0 Å². The predicted molar refractivity (Wildman–Crippen MR) is 75.5 cm³/mol. The summed E-state index contributed by atoms with van der Waals surface area (Å²) in [7, 11) is -2.85. The summed E-state index contributed by atoms with van der Waals surface area (Å²) >= 11 is 0. The van der Waals surface area contributed by atoms with E-state index in [1.54, 1.807) is 6.92 Å². The van der Waals surface area contributed by atoms with Gasteiger partial charge < -0.3 is 5.43 Å². The van der Waals surface area contributed by atoms with Crippen molar-refractivity contribution in [3.05, 3.63) is 28.3 Å². The Morgan fingerprint density at radius 1 is 1.57 bits per heavy atom. The highest BCUT2D eigenvalue weighted by atomic mass is 32.2. The molecule has 0 aliphatic rings. The van der Waals surface area contributed by atoms with Crippen LogP contribution in [0, 0.1) is 27.4 Å². The molecule has 0 fully saturated rings. The Morgan fingerprint density at radius 2 is 2.19 bits per heavy atom. The molecule has 0 saturated carbocycles. The number of hydrogen-bond acceptors (Lipinski definition) is 7. The Bertz CT molecular complexity index is 682. The van der Waals surface area contributed by atoms with Crippen LogP contribution in [0.3, 0.4) is 0 Å². The lowest BCUT2D eigenvalue weighted by molar-refractivity contribution is -0.387. The summed E-state index contributed by atoms with van der Waals surface area (Å²) in [4.78, 5) is 9.73. The van der Waals surface area contributed by atoms with Crippen LogP contribution in [0.4, 0.5) is 11.4 Å². The molecule has 21 heavy (non-hydrogen) atoms. The van der Waals surface area contributed by atoms with Crippen LogP contribution in [-0.4, -0.2) is 31.2 Å². The number of nitriles is 1. The van der Waals surface area contributed by atoms with Gasteiger partial charge in [0.05, 0.1) is 22.6 Å². The van der Waals surface area contributed by atoms with E-state index in [1.807, 2.05) is 6.07 Å². The van der Waals surface area contributed by atoms with Crippen LogP contribution in [0.25, 0.3) is 0 Å². The molecule has 0 spiro atoms. The zero-order valence-electron chi connectivity index (χ0n) is 11.5. The number of nitrogen functional groups attached to an aromatic ring is 1. The van der Waals surface area contributed by atoms with Crippen LogP contribution in [0.5, 0.6) is 0 Å². The molecule has 114 valence electrons. The molecule has 0 saturated heterocycles. The Labute approximate surface area is 122 Å². The molecule has 10 heteroatoms. The van der Waals surface area contributed by atoms with Gasteiger partial charge in [-0.05, 0) is 19.1 Å². The highest BCUT2D eigenvalue weighted by Crippen LogP contribution is 2.29. The first-order valence-electron chi connectivity index (χ1n) is 5.85. The molecule has 1 rings (SSSR count). The van der Waals surface area contributed by atoms with E-state index < -0.39 is 31.4 Å². The Kier molecular flexibility index (Phi) is 5.20. The number of benzene rings is 1. The fourth-order valence-corrected chi connectivity index (χ4v) is 3.09. The van der Waals surface area contributed by atoms with Crippen LogP contribution >= 0.6 is 0 Å². The van der Waals surface area contributed by atoms with Gasteiger partial charge in [-0.25, -0.2) is 8.42 Å². The lowest BCUT2D eigenvalue weighted by Crippen LogP contribution is -2.31. The van der Waals surface area contributed by atoms with Gasteiger partial charge in [0.15, 0.2) is 4.90 Å². The molecule has 1 atom stereocenters. The van der Waals surface area contributed by atoms with Gasteiger partial charge in [-0.15, -0.1) is 0 Å². The minimum absolute atomic E-state index is 0.0731. The molecule has 0 aliphatic heterocycles. The third kappa shape index (κ3) is 3.66. The number of hydrazine groups is 1. The summed E-state index contributed by atoms with van der Waals surface area (Å²) in [5.41, 5.74) is 1.91. The topological polar surface area (TPSA) is 142 Å². The molecule has 0 amide bonds. The SMILES string of the molecule is CC(C#N)CN(C)S(=O)(=O)c1cc(NN)ccc1[N+](=O)[O-]. The standard InChI is InChI=1S/C11H15N5O4S/c1-8(6-12)7-15(2)21(19,20)11-5-9(14-13)3-4-10(11)16(17)18/h3-5,8,14H,7,13H2,1-2H3. The quantitative estimate of drug-likeness (QED) is 0.446. The van der Waals surface area contributed by atoms with Crippen LogP contribution in [0.15, 0.2) is 23.1 Å². The van der Waals surface area contributed by atoms with Crippen LogP contribution in [-0.2, 0) is 10.0 Å². The van der Waals surface area contributed by atoms with Crippen LogP contribution < -0.4 is 11.3 Å². The second-order valence-corrected chi connectivity index (χ2v) is 6.41. The fourth-order valence-electron chi connectivity index (χ4n) is 1.65. The molecule has 1 unspecified atom stereocenters. The fraction of sp³-hybridized carbons (Fsp3) is 0.364.